The number of benzene rings is 9. The first-order valence-corrected chi connectivity index (χ1v) is 20.7. The standard InChI is InChI=1S/C54H34N4S/c1-3-15-38(16-4-1)53-43-20-9-10-22-44(43)55-54(56-53)58-46-24-13-21-42(51(46)52-41-19-8-7-14-36(41)30-32-47(52)58)37-28-26-35(27-29-37)39-31-33-50-48(34-39)57(40-17-5-2-6-18-40)45-23-11-12-25-49(45)59-50/h1-34H. The van der Waals surface area contributed by atoms with Crippen molar-refractivity contribution >= 4 is 72.3 Å². The van der Waals surface area contributed by atoms with Gasteiger partial charge in [-0.1, -0.05) is 163 Å². The van der Waals surface area contributed by atoms with Crippen LogP contribution in [0.2, 0.25) is 0 Å². The Kier molecular flexibility index (Phi) is 7.75. The lowest BCUT2D eigenvalue weighted by atomic mass is 9.95. The molecule has 0 N–H and O–H groups in total. The van der Waals surface area contributed by atoms with E-state index in [9.17, 15) is 0 Å². The van der Waals surface area contributed by atoms with Crippen molar-refractivity contribution in [1.82, 2.24) is 14.5 Å². The Labute approximate surface area is 345 Å². The van der Waals surface area contributed by atoms with Crippen molar-refractivity contribution in [2.45, 2.75) is 9.79 Å². The number of nitrogens with zero attached hydrogens (tertiary/aromatic N) is 4. The molecule has 0 atom stereocenters. The van der Waals surface area contributed by atoms with Crippen LogP contribution in [0.5, 0.6) is 0 Å². The quantitative estimate of drug-likeness (QED) is 0.175. The van der Waals surface area contributed by atoms with Crippen LogP contribution in [0.15, 0.2) is 216 Å². The first-order chi connectivity index (χ1) is 29.3. The van der Waals surface area contributed by atoms with Crippen molar-refractivity contribution in [1.29, 1.82) is 0 Å². The summed E-state index contributed by atoms with van der Waals surface area (Å²) in [7, 11) is 0. The van der Waals surface area contributed by atoms with Gasteiger partial charge in [-0.25, -0.2) is 9.97 Å². The highest BCUT2D eigenvalue weighted by Crippen LogP contribution is 2.52. The second-order valence-electron chi connectivity index (χ2n) is 15.0. The zero-order chi connectivity index (χ0) is 38.9. The van der Waals surface area contributed by atoms with Crippen molar-refractivity contribution in [3.63, 3.8) is 0 Å². The Morgan fingerprint density at radius 1 is 0.407 bits per heavy atom. The summed E-state index contributed by atoms with van der Waals surface area (Å²) in [5.41, 5.74) is 13.3. The molecule has 2 aromatic heterocycles. The average Bonchev–Trinajstić information content (AvgIpc) is 3.66. The maximum Gasteiger partial charge on any atom is 0.235 e. The minimum atomic E-state index is 0.656. The van der Waals surface area contributed by atoms with E-state index in [1.807, 2.05) is 17.8 Å². The molecule has 1 aliphatic heterocycles. The average molecular weight is 771 g/mol. The molecular weight excluding hydrogens is 737 g/mol. The normalized spacial score (nSPS) is 12.3. The summed E-state index contributed by atoms with van der Waals surface area (Å²) in [5, 5.41) is 5.83. The van der Waals surface area contributed by atoms with E-state index in [4.69, 9.17) is 9.97 Å². The number of hydrogen-bond donors (Lipinski definition) is 0. The lowest BCUT2D eigenvalue weighted by molar-refractivity contribution is 1.01. The number of aromatic nitrogens is 3. The number of para-hydroxylation sites is 3. The van der Waals surface area contributed by atoms with E-state index in [0.29, 0.717) is 5.95 Å². The lowest BCUT2D eigenvalue weighted by Crippen LogP contribution is -2.14. The van der Waals surface area contributed by atoms with Gasteiger partial charge < -0.3 is 4.90 Å². The second kappa shape index (κ2) is 13.6. The van der Waals surface area contributed by atoms with Gasteiger partial charge in [0.05, 0.1) is 33.6 Å². The van der Waals surface area contributed by atoms with Gasteiger partial charge in [0.1, 0.15) is 0 Å². The topological polar surface area (TPSA) is 34.0 Å². The van der Waals surface area contributed by atoms with E-state index in [1.165, 1.54) is 59.4 Å². The second-order valence-corrected chi connectivity index (χ2v) is 16.1. The zero-order valence-corrected chi connectivity index (χ0v) is 32.6. The van der Waals surface area contributed by atoms with E-state index < -0.39 is 0 Å². The van der Waals surface area contributed by atoms with E-state index in [1.54, 1.807) is 0 Å². The predicted octanol–water partition coefficient (Wildman–Crippen LogP) is 14.8. The third-order valence-electron chi connectivity index (χ3n) is 11.6. The van der Waals surface area contributed by atoms with Crippen molar-refractivity contribution in [3.8, 4) is 39.5 Å². The highest BCUT2D eigenvalue weighted by Gasteiger charge is 2.26. The highest BCUT2D eigenvalue weighted by atomic mass is 32.2. The van der Waals surface area contributed by atoms with E-state index >= 15 is 0 Å². The molecule has 0 fully saturated rings. The Morgan fingerprint density at radius 2 is 1.08 bits per heavy atom. The van der Waals surface area contributed by atoms with Crippen LogP contribution < -0.4 is 4.90 Å². The van der Waals surface area contributed by atoms with Gasteiger partial charge in [0.25, 0.3) is 0 Å². The van der Waals surface area contributed by atoms with Gasteiger partial charge in [-0.2, -0.15) is 0 Å². The lowest BCUT2D eigenvalue weighted by Gasteiger charge is -2.33. The fraction of sp³-hybridized carbons (Fsp3) is 0. The molecule has 11 aromatic rings. The summed E-state index contributed by atoms with van der Waals surface area (Å²) < 4.78 is 2.26. The molecule has 0 saturated heterocycles. The van der Waals surface area contributed by atoms with Crippen LogP contribution in [0, 0.1) is 0 Å². The predicted molar refractivity (Wildman–Crippen MR) is 246 cm³/mol. The zero-order valence-electron chi connectivity index (χ0n) is 31.8. The SMILES string of the molecule is c1ccc(-c2nc(-n3c4cccc(-c5ccc(-c6ccc7c(c6)N(c6ccccc6)c6ccccc6S7)cc5)c4c4c5ccccc5ccc43)nc3ccccc23)cc1. The van der Waals surface area contributed by atoms with Crippen LogP contribution in [0.4, 0.5) is 17.1 Å². The van der Waals surface area contributed by atoms with Crippen LogP contribution in [0.1, 0.15) is 0 Å². The molecular formula is C54H34N4S. The maximum absolute atomic E-state index is 5.36. The van der Waals surface area contributed by atoms with Gasteiger partial charge in [-0.05, 0) is 87.6 Å². The van der Waals surface area contributed by atoms with Crippen LogP contribution in [-0.4, -0.2) is 14.5 Å². The van der Waals surface area contributed by atoms with Gasteiger partial charge in [0, 0.05) is 37.2 Å². The van der Waals surface area contributed by atoms with Gasteiger partial charge in [0.15, 0.2) is 0 Å². The van der Waals surface area contributed by atoms with Crippen LogP contribution in [-0.2, 0) is 0 Å². The number of rotatable bonds is 5. The largest absolute Gasteiger partial charge is 0.308 e. The maximum atomic E-state index is 5.36. The van der Waals surface area contributed by atoms with Gasteiger partial charge in [0.2, 0.25) is 5.95 Å². The summed E-state index contributed by atoms with van der Waals surface area (Å²) in [4.78, 5) is 15.5. The van der Waals surface area contributed by atoms with E-state index in [-0.39, 0.29) is 0 Å². The molecule has 0 amide bonds. The summed E-state index contributed by atoms with van der Waals surface area (Å²) in [5.74, 6) is 0.656. The third kappa shape index (κ3) is 5.47. The molecule has 0 aliphatic carbocycles. The summed E-state index contributed by atoms with van der Waals surface area (Å²) >= 11 is 1.83. The van der Waals surface area contributed by atoms with Crippen molar-refractivity contribution in [3.05, 3.63) is 206 Å². The van der Waals surface area contributed by atoms with Crippen LogP contribution in [0.3, 0.4) is 0 Å². The molecule has 4 nitrogen and oxygen atoms in total. The summed E-state index contributed by atoms with van der Waals surface area (Å²) in [6, 6.07) is 73.8. The first-order valence-electron chi connectivity index (χ1n) is 19.9. The molecule has 3 heterocycles. The van der Waals surface area contributed by atoms with Gasteiger partial charge in [-0.3, -0.25) is 4.57 Å². The Bertz CT molecular complexity index is 3410. The molecule has 59 heavy (non-hydrogen) atoms. The molecule has 0 spiro atoms. The monoisotopic (exact) mass is 770 g/mol. The van der Waals surface area contributed by atoms with Crippen LogP contribution in [0.25, 0.3) is 82.9 Å². The molecule has 9 aromatic carbocycles. The smallest absolute Gasteiger partial charge is 0.235 e. The van der Waals surface area contributed by atoms with Crippen molar-refractivity contribution in [2.75, 3.05) is 4.90 Å². The molecule has 0 radical (unpaired) electrons. The van der Waals surface area contributed by atoms with E-state index in [2.05, 4.69) is 210 Å². The number of fused-ring (bicyclic) bond motifs is 8. The summed E-state index contributed by atoms with van der Waals surface area (Å²) in [6.07, 6.45) is 0. The van der Waals surface area contributed by atoms with Crippen molar-refractivity contribution < 1.29 is 0 Å². The first kappa shape index (κ1) is 33.6. The van der Waals surface area contributed by atoms with Gasteiger partial charge in [-0.15, -0.1) is 0 Å². The molecule has 276 valence electrons. The minimum absolute atomic E-state index is 0.656. The molecule has 5 heteroatoms. The summed E-state index contributed by atoms with van der Waals surface area (Å²) in [6.45, 7) is 0. The molecule has 0 saturated carbocycles. The highest BCUT2D eigenvalue weighted by molar-refractivity contribution is 7.99. The van der Waals surface area contributed by atoms with E-state index in [0.717, 1.165) is 44.4 Å². The van der Waals surface area contributed by atoms with Crippen molar-refractivity contribution in [2.24, 2.45) is 0 Å². The Hall–Kier alpha value is -7.47. The Morgan fingerprint density at radius 3 is 1.95 bits per heavy atom. The van der Waals surface area contributed by atoms with Crippen LogP contribution >= 0.6 is 11.8 Å². The molecule has 1 aliphatic rings. The third-order valence-corrected chi connectivity index (χ3v) is 12.7. The molecule has 12 rings (SSSR count). The fourth-order valence-electron chi connectivity index (χ4n) is 8.90. The molecule has 0 bridgehead atoms. The fourth-order valence-corrected chi connectivity index (χ4v) is 9.93. The van der Waals surface area contributed by atoms with Gasteiger partial charge >= 0.3 is 0 Å². The minimum Gasteiger partial charge on any atom is -0.308 e. The number of anilines is 3. The number of hydrogen-bond acceptors (Lipinski definition) is 4. The molecule has 0 unspecified atom stereocenters. The Balaban J connectivity index is 1.02.